The molecule has 15 heteroatoms. The van der Waals surface area contributed by atoms with E-state index in [1.807, 2.05) is 0 Å². The number of fused-ring (bicyclic) bond motifs is 1. The van der Waals surface area contributed by atoms with Crippen molar-refractivity contribution in [2.45, 2.75) is 75.2 Å². The first-order valence-corrected chi connectivity index (χ1v) is 18.9. The van der Waals surface area contributed by atoms with E-state index in [2.05, 4.69) is 0 Å². The first kappa shape index (κ1) is 35.8. The number of anilines is 1. The Balaban J connectivity index is 1.49. The molecule has 1 unspecified atom stereocenters. The second-order valence-electron chi connectivity index (χ2n) is 14.1. The Hall–Kier alpha value is -3.00. The summed E-state index contributed by atoms with van der Waals surface area (Å²) in [5.41, 5.74) is 0.327. The van der Waals surface area contributed by atoms with Crippen LogP contribution in [0.2, 0.25) is 10.0 Å². The van der Waals surface area contributed by atoms with E-state index in [-0.39, 0.29) is 81.7 Å². The van der Waals surface area contributed by atoms with Gasteiger partial charge in [0.25, 0.3) is 5.92 Å². The highest BCUT2D eigenvalue weighted by Gasteiger charge is 2.38. The van der Waals surface area contributed by atoms with Crippen molar-refractivity contribution in [3.05, 3.63) is 51.8 Å². The van der Waals surface area contributed by atoms with Gasteiger partial charge < -0.3 is 19.3 Å². The SMILES string of the molecule is CC(C)(C)OC(=O)n1c(C(CC(=O)N2CCOCC2)c2ccc(S(=O)(=O)CC3CC3)cc2)nc2cc(Cl)c(N3CCC(F)(F)CC3)c(Cl)c21. The molecule has 2 aliphatic heterocycles. The van der Waals surface area contributed by atoms with Crippen LogP contribution in [-0.4, -0.2) is 91.5 Å². The fourth-order valence-electron chi connectivity index (χ4n) is 6.32. The van der Waals surface area contributed by atoms with Gasteiger partial charge in [0.2, 0.25) is 5.91 Å². The molecule has 2 saturated heterocycles. The molecule has 6 rings (SSSR count). The Labute approximate surface area is 294 Å². The zero-order chi connectivity index (χ0) is 35.3. The molecule has 0 radical (unpaired) electrons. The van der Waals surface area contributed by atoms with Gasteiger partial charge in [-0.2, -0.15) is 0 Å². The number of carbonyl (C=O) groups is 2. The third-order valence-corrected chi connectivity index (χ3v) is 11.6. The van der Waals surface area contributed by atoms with E-state index < -0.39 is 33.4 Å². The van der Waals surface area contributed by atoms with Gasteiger partial charge in [-0.25, -0.2) is 31.5 Å². The minimum absolute atomic E-state index is 0.00193. The van der Waals surface area contributed by atoms with Gasteiger partial charge in [0, 0.05) is 45.4 Å². The zero-order valence-electron chi connectivity index (χ0n) is 27.7. The Morgan fingerprint density at radius 2 is 1.69 bits per heavy atom. The molecule has 0 bridgehead atoms. The first-order chi connectivity index (χ1) is 23.0. The van der Waals surface area contributed by atoms with Crippen LogP contribution in [0.4, 0.5) is 19.3 Å². The molecule has 0 spiro atoms. The molecule has 49 heavy (non-hydrogen) atoms. The molecule has 2 aromatic carbocycles. The molecule has 1 aromatic heterocycles. The van der Waals surface area contributed by atoms with Crippen molar-refractivity contribution in [1.29, 1.82) is 0 Å². The Bertz CT molecular complexity index is 1840. The number of hydrogen-bond acceptors (Lipinski definition) is 8. The van der Waals surface area contributed by atoms with Gasteiger partial charge in [0.15, 0.2) is 9.84 Å². The summed E-state index contributed by atoms with van der Waals surface area (Å²) in [5.74, 6) is -3.48. The highest BCUT2D eigenvalue weighted by atomic mass is 35.5. The van der Waals surface area contributed by atoms with Gasteiger partial charge in [0.05, 0.1) is 51.0 Å². The lowest BCUT2D eigenvalue weighted by molar-refractivity contribution is -0.135. The molecule has 1 saturated carbocycles. The third-order valence-electron chi connectivity index (χ3n) is 9.07. The molecule has 1 atom stereocenters. The molecule has 3 fully saturated rings. The van der Waals surface area contributed by atoms with Gasteiger partial charge in [-0.1, -0.05) is 35.3 Å². The van der Waals surface area contributed by atoms with Crippen LogP contribution in [0.5, 0.6) is 0 Å². The largest absolute Gasteiger partial charge is 0.443 e. The summed E-state index contributed by atoms with van der Waals surface area (Å²) in [6.07, 6.45) is 0.0985. The monoisotopic (exact) mass is 740 g/mol. The zero-order valence-corrected chi connectivity index (χ0v) is 30.0. The number of nitrogens with zero attached hydrogens (tertiary/aromatic N) is 4. The summed E-state index contributed by atoms with van der Waals surface area (Å²) < 4.78 is 66.8. The molecular weight excluding hydrogens is 701 g/mol. The van der Waals surface area contributed by atoms with Crippen LogP contribution >= 0.6 is 23.2 Å². The van der Waals surface area contributed by atoms with Crippen LogP contribution in [0, 0.1) is 5.92 Å². The number of piperidine rings is 1. The van der Waals surface area contributed by atoms with E-state index in [1.165, 1.54) is 22.8 Å². The number of benzene rings is 2. The molecule has 3 aliphatic rings. The Morgan fingerprint density at radius 1 is 1.06 bits per heavy atom. The molecule has 3 heterocycles. The van der Waals surface area contributed by atoms with Crippen LogP contribution < -0.4 is 4.90 Å². The van der Waals surface area contributed by atoms with Crippen molar-refractivity contribution in [3.8, 4) is 0 Å². The van der Waals surface area contributed by atoms with E-state index in [9.17, 15) is 26.8 Å². The molecule has 266 valence electrons. The number of sulfone groups is 1. The quantitative estimate of drug-likeness (QED) is 0.245. The number of rotatable bonds is 8. The highest BCUT2D eigenvalue weighted by molar-refractivity contribution is 7.91. The molecule has 10 nitrogen and oxygen atoms in total. The van der Waals surface area contributed by atoms with Crippen molar-refractivity contribution in [1.82, 2.24) is 14.5 Å². The average Bonchev–Trinajstić information content (AvgIpc) is 3.75. The molecule has 1 amide bonds. The Morgan fingerprint density at radius 3 is 2.29 bits per heavy atom. The van der Waals surface area contributed by atoms with Crippen molar-refractivity contribution in [2.75, 3.05) is 50.0 Å². The lowest BCUT2D eigenvalue weighted by atomic mass is 9.94. The fraction of sp³-hybridized carbons (Fsp3) is 0.559. The van der Waals surface area contributed by atoms with Gasteiger partial charge in [-0.15, -0.1) is 0 Å². The molecule has 3 aromatic rings. The maximum absolute atomic E-state index is 14.1. The lowest BCUT2D eigenvalue weighted by Gasteiger charge is -2.34. The van der Waals surface area contributed by atoms with Crippen molar-refractivity contribution in [3.63, 3.8) is 0 Å². The fourth-order valence-corrected chi connectivity index (χ4v) is 8.78. The number of hydrogen-bond donors (Lipinski definition) is 0. The molecule has 0 N–H and O–H groups in total. The van der Waals surface area contributed by atoms with E-state index in [4.69, 9.17) is 37.7 Å². The summed E-state index contributed by atoms with van der Waals surface area (Å²) in [6, 6.07) is 7.86. The summed E-state index contributed by atoms with van der Waals surface area (Å²) >= 11 is 13.8. The van der Waals surface area contributed by atoms with Crippen molar-refractivity contribution in [2.24, 2.45) is 5.92 Å². The normalized spacial score (nSPS) is 19.2. The minimum atomic E-state index is -3.51. The number of aromatic nitrogens is 2. The number of imidazole rings is 1. The summed E-state index contributed by atoms with van der Waals surface area (Å²) in [5, 5.41) is 0.214. The van der Waals surface area contributed by atoms with Crippen LogP contribution in [0.15, 0.2) is 35.2 Å². The van der Waals surface area contributed by atoms with Crippen LogP contribution in [0.3, 0.4) is 0 Å². The summed E-state index contributed by atoms with van der Waals surface area (Å²) in [6.45, 7) is 6.69. The maximum atomic E-state index is 14.1. The van der Waals surface area contributed by atoms with E-state index in [0.29, 0.717) is 37.6 Å². The number of carbonyl (C=O) groups excluding carboxylic acids is 2. The number of morpholine rings is 1. The van der Waals surface area contributed by atoms with Gasteiger partial charge in [0.1, 0.15) is 16.9 Å². The summed E-state index contributed by atoms with van der Waals surface area (Å²) in [4.78, 5) is 36.2. The van der Waals surface area contributed by atoms with Crippen LogP contribution in [-0.2, 0) is 24.1 Å². The van der Waals surface area contributed by atoms with Crippen LogP contribution in [0.1, 0.15) is 70.2 Å². The van der Waals surface area contributed by atoms with E-state index >= 15 is 0 Å². The first-order valence-electron chi connectivity index (χ1n) is 16.5. The predicted molar refractivity (Wildman–Crippen MR) is 183 cm³/mol. The van der Waals surface area contributed by atoms with Gasteiger partial charge in [-0.3, -0.25) is 4.79 Å². The topological polar surface area (TPSA) is 111 Å². The maximum Gasteiger partial charge on any atom is 0.420 e. The van der Waals surface area contributed by atoms with Crippen LogP contribution in [0.25, 0.3) is 11.0 Å². The van der Waals surface area contributed by atoms with E-state index in [0.717, 1.165) is 12.8 Å². The molecular formula is C34H40Cl2F2N4O6S. The number of ether oxygens (including phenoxy) is 2. The Kier molecular flexibility index (Phi) is 9.95. The number of amides is 1. The van der Waals surface area contributed by atoms with Crippen molar-refractivity contribution >= 4 is 61.8 Å². The minimum Gasteiger partial charge on any atom is -0.443 e. The lowest BCUT2D eigenvalue weighted by Crippen LogP contribution is -2.41. The number of alkyl halides is 2. The summed E-state index contributed by atoms with van der Waals surface area (Å²) in [7, 11) is -3.51. The smallest absolute Gasteiger partial charge is 0.420 e. The van der Waals surface area contributed by atoms with Gasteiger partial charge in [-0.05, 0) is 63.3 Å². The van der Waals surface area contributed by atoms with Gasteiger partial charge >= 0.3 is 6.09 Å². The third kappa shape index (κ3) is 8.00. The van der Waals surface area contributed by atoms with Crippen molar-refractivity contribution < 1.29 is 36.3 Å². The average molecular weight is 742 g/mol. The standard InChI is InChI=1S/C34H40Cl2F2N4O6S/c1-33(2,3)48-32(44)42-30-26(19-25(35)29(28(30)36)41-12-10-34(37,38)11-13-41)39-31(42)24(18-27(43)40-14-16-47-17-15-40)22-6-8-23(9-7-22)49(45,46)20-21-4-5-21/h6-9,19,21,24H,4-5,10-18,20H2,1-3H3. The highest BCUT2D eigenvalue weighted by Crippen LogP contribution is 2.44. The number of halogens is 4. The second kappa shape index (κ2) is 13.6. The predicted octanol–water partition coefficient (Wildman–Crippen LogP) is 6.93. The van der Waals surface area contributed by atoms with E-state index in [1.54, 1.807) is 42.7 Å². The second-order valence-corrected chi connectivity index (χ2v) is 16.9. The molecule has 1 aliphatic carbocycles.